The van der Waals surface area contributed by atoms with Gasteiger partial charge >= 0.3 is 0 Å². The van der Waals surface area contributed by atoms with E-state index < -0.39 is 0 Å². The number of nitrogens with one attached hydrogen (secondary N) is 1. The van der Waals surface area contributed by atoms with Gasteiger partial charge in [-0.3, -0.25) is 4.90 Å². The van der Waals surface area contributed by atoms with Crippen LogP contribution >= 0.6 is 0 Å². The molecule has 0 spiro atoms. The molecule has 0 aliphatic carbocycles. The highest BCUT2D eigenvalue weighted by Crippen LogP contribution is 2.15. The van der Waals surface area contributed by atoms with Crippen LogP contribution in [0, 0.1) is 5.92 Å². The first-order valence-corrected chi connectivity index (χ1v) is 6.67. The van der Waals surface area contributed by atoms with Crippen molar-refractivity contribution in [3.63, 3.8) is 0 Å². The Kier molecular flexibility index (Phi) is 7.04. The predicted octanol–water partition coefficient (Wildman–Crippen LogP) is 0.968. The number of hydrogen-bond acceptors (Lipinski definition) is 4. The second-order valence-corrected chi connectivity index (χ2v) is 5.21. The summed E-state index contributed by atoms with van der Waals surface area (Å²) in [4.78, 5) is 2.51. The molecule has 4 nitrogen and oxygen atoms in total. The fourth-order valence-corrected chi connectivity index (χ4v) is 2.49. The molecule has 0 bridgehead atoms. The van der Waals surface area contributed by atoms with Crippen molar-refractivity contribution in [1.29, 1.82) is 0 Å². The maximum Gasteiger partial charge on any atom is 0.0637 e. The van der Waals surface area contributed by atoms with Crippen LogP contribution in [0.25, 0.3) is 0 Å². The van der Waals surface area contributed by atoms with E-state index >= 15 is 0 Å². The molecule has 1 saturated heterocycles. The lowest BCUT2D eigenvalue weighted by molar-refractivity contribution is -0.0128. The standard InChI is InChI=1S/C13H28N2O2/c1-11(2)9-15(6-8-16-4)13-10-17-7-5-12(13)14-3/h11-14H,5-10H2,1-4H3. The van der Waals surface area contributed by atoms with E-state index in [1.54, 1.807) is 7.11 Å². The zero-order valence-corrected chi connectivity index (χ0v) is 11.7. The number of rotatable bonds is 7. The Hall–Kier alpha value is -0.160. The van der Waals surface area contributed by atoms with Crippen LogP contribution in [0.15, 0.2) is 0 Å². The zero-order valence-electron chi connectivity index (χ0n) is 11.7. The third kappa shape index (κ3) is 4.92. The zero-order chi connectivity index (χ0) is 12.7. The monoisotopic (exact) mass is 244 g/mol. The lowest BCUT2D eigenvalue weighted by Crippen LogP contribution is -2.56. The summed E-state index contributed by atoms with van der Waals surface area (Å²) in [5, 5.41) is 3.42. The third-order valence-electron chi connectivity index (χ3n) is 3.35. The van der Waals surface area contributed by atoms with E-state index in [4.69, 9.17) is 9.47 Å². The van der Waals surface area contributed by atoms with Gasteiger partial charge in [-0.15, -0.1) is 0 Å². The van der Waals surface area contributed by atoms with Crippen molar-refractivity contribution in [2.75, 3.05) is 47.1 Å². The van der Waals surface area contributed by atoms with Gasteiger partial charge in [-0.2, -0.15) is 0 Å². The Morgan fingerprint density at radius 3 is 2.82 bits per heavy atom. The van der Waals surface area contributed by atoms with Crippen molar-refractivity contribution in [3.8, 4) is 0 Å². The van der Waals surface area contributed by atoms with Crippen LogP contribution in [0.2, 0.25) is 0 Å². The van der Waals surface area contributed by atoms with Gasteiger partial charge < -0.3 is 14.8 Å². The minimum atomic E-state index is 0.478. The van der Waals surface area contributed by atoms with Crippen molar-refractivity contribution in [2.24, 2.45) is 5.92 Å². The molecule has 0 saturated carbocycles. The largest absolute Gasteiger partial charge is 0.383 e. The van der Waals surface area contributed by atoms with Crippen LogP contribution in [0.5, 0.6) is 0 Å². The van der Waals surface area contributed by atoms with Gasteiger partial charge in [0, 0.05) is 38.9 Å². The Morgan fingerprint density at radius 1 is 1.47 bits per heavy atom. The SMILES string of the molecule is CNC1CCOCC1N(CCOC)CC(C)C. The third-order valence-corrected chi connectivity index (χ3v) is 3.35. The Labute approximate surface area is 106 Å². The van der Waals surface area contributed by atoms with E-state index in [-0.39, 0.29) is 0 Å². The van der Waals surface area contributed by atoms with Crippen molar-refractivity contribution < 1.29 is 9.47 Å². The molecule has 1 aliphatic rings. The van der Waals surface area contributed by atoms with Gasteiger partial charge in [-0.25, -0.2) is 0 Å². The van der Waals surface area contributed by atoms with Crippen molar-refractivity contribution in [2.45, 2.75) is 32.4 Å². The summed E-state index contributed by atoms with van der Waals surface area (Å²) in [5.41, 5.74) is 0. The maximum atomic E-state index is 5.63. The summed E-state index contributed by atoms with van der Waals surface area (Å²) >= 11 is 0. The molecular weight excluding hydrogens is 216 g/mol. The molecule has 2 atom stereocenters. The van der Waals surface area contributed by atoms with Gasteiger partial charge in [0.2, 0.25) is 0 Å². The Bertz CT molecular complexity index is 200. The number of hydrogen-bond donors (Lipinski definition) is 1. The Balaban J connectivity index is 2.57. The molecule has 0 aromatic heterocycles. The minimum absolute atomic E-state index is 0.478. The van der Waals surface area contributed by atoms with Gasteiger partial charge in [0.05, 0.1) is 13.2 Å². The lowest BCUT2D eigenvalue weighted by atomic mass is 10.0. The number of likely N-dealkylation sites (N-methyl/N-ethyl adjacent to an activating group) is 1. The molecule has 102 valence electrons. The molecule has 1 fully saturated rings. The maximum absolute atomic E-state index is 5.63. The average Bonchev–Trinajstić information content (AvgIpc) is 2.34. The lowest BCUT2D eigenvalue weighted by Gasteiger charge is -2.40. The predicted molar refractivity (Wildman–Crippen MR) is 70.4 cm³/mol. The molecule has 2 unspecified atom stereocenters. The summed E-state index contributed by atoms with van der Waals surface area (Å²) in [6, 6.07) is 1.02. The molecule has 0 aromatic rings. The van der Waals surface area contributed by atoms with Gasteiger partial charge in [-0.1, -0.05) is 13.8 Å². The number of nitrogens with zero attached hydrogens (tertiary/aromatic N) is 1. The van der Waals surface area contributed by atoms with E-state index in [2.05, 4.69) is 24.1 Å². The minimum Gasteiger partial charge on any atom is -0.383 e. The van der Waals surface area contributed by atoms with Crippen molar-refractivity contribution in [3.05, 3.63) is 0 Å². The van der Waals surface area contributed by atoms with Crippen LogP contribution in [0.3, 0.4) is 0 Å². The van der Waals surface area contributed by atoms with Gasteiger partial charge in [0.15, 0.2) is 0 Å². The van der Waals surface area contributed by atoms with Gasteiger partial charge in [0.1, 0.15) is 0 Å². The van der Waals surface area contributed by atoms with Crippen molar-refractivity contribution in [1.82, 2.24) is 10.2 Å². The molecular formula is C13H28N2O2. The van der Waals surface area contributed by atoms with Crippen LogP contribution in [0.1, 0.15) is 20.3 Å². The fourth-order valence-electron chi connectivity index (χ4n) is 2.49. The van der Waals surface area contributed by atoms with Crippen LogP contribution in [0.4, 0.5) is 0 Å². The van der Waals surface area contributed by atoms with E-state index in [0.717, 1.165) is 39.3 Å². The van der Waals surface area contributed by atoms with E-state index in [1.165, 1.54) is 0 Å². The number of ether oxygens (including phenoxy) is 2. The quantitative estimate of drug-likeness (QED) is 0.723. The molecule has 1 N–H and O–H groups in total. The highest BCUT2D eigenvalue weighted by Gasteiger charge is 2.29. The van der Waals surface area contributed by atoms with Crippen LogP contribution in [-0.2, 0) is 9.47 Å². The summed E-state index contributed by atoms with van der Waals surface area (Å²) in [6.07, 6.45) is 1.10. The van der Waals surface area contributed by atoms with Gasteiger partial charge in [0.25, 0.3) is 0 Å². The molecule has 1 rings (SSSR count). The molecule has 4 heteroatoms. The van der Waals surface area contributed by atoms with Crippen LogP contribution in [-0.4, -0.2) is 64.1 Å². The second kappa shape index (κ2) is 8.03. The van der Waals surface area contributed by atoms with E-state index in [9.17, 15) is 0 Å². The highest BCUT2D eigenvalue weighted by molar-refractivity contribution is 4.87. The summed E-state index contributed by atoms with van der Waals surface area (Å²) in [7, 11) is 3.81. The molecule has 0 aromatic carbocycles. The van der Waals surface area contributed by atoms with Gasteiger partial charge in [-0.05, 0) is 19.4 Å². The molecule has 17 heavy (non-hydrogen) atoms. The molecule has 0 radical (unpaired) electrons. The number of methoxy groups -OCH3 is 1. The van der Waals surface area contributed by atoms with E-state index in [0.29, 0.717) is 18.0 Å². The summed E-state index contributed by atoms with van der Waals surface area (Å²) in [6.45, 7) is 9.12. The first-order valence-electron chi connectivity index (χ1n) is 6.67. The normalized spacial score (nSPS) is 25.8. The Morgan fingerprint density at radius 2 is 2.24 bits per heavy atom. The summed E-state index contributed by atoms with van der Waals surface area (Å²) < 4.78 is 10.8. The van der Waals surface area contributed by atoms with Crippen molar-refractivity contribution >= 4 is 0 Å². The molecule has 1 heterocycles. The fraction of sp³-hybridized carbons (Fsp3) is 1.00. The van der Waals surface area contributed by atoms with E-state index in [1.807, 2.05) is 7.05 Å². The topological polar surface area (TPSA) is 33.7 Å². The average molecular weight is 244 g/mol. The van der Waals surface area contributed by atoms with Crippen LogP contribution < -0.4 is 5.32 Å². The molecule has 1 aliphatic heterocycles. The highest BCUT2D eigenvalue weighted by atomic mass is 16.5. The first kappa shape index (κ1) is 14.9. The molecule has 0 amide bonds. The second-order valence-electron chi connectivity index (χ2n) is 5.21. The summed E-state index contributed by atoms with van der Waals surface area (Å²) in [5.74, 6) is 0.672. The smallest absolute Gasteiger partial charge is 0.0637 e. The first-order chi connectivity index (χ1) is 8.19.